The first-order valence-electron chi connectivity index (χ1n) is 14.1. The van der Waals surface area contributed by atoms with Gasteiger partial charge >= 0.3 is 5.97 Å². The van der Waals surface area contributed by atoms with Crippen LogP contribution < -0.4 is 9.47 Å². The Kier molecular flexibility index (Phi) is 12.1. The van der Waals surface area contributed by atoms with Crippen molar-refractivity contribution in [2.24, 2.45) is 0 Å². The average molecular weight is 514 g/mol. The maximum absolute atomic E-state index is 12.2. The zero-order chi connectivity index (χ0) is 27.2. The normalized spacial score (nSPS) is 11.8. The predicted molar refractivity (Wildman–Crippen MR) is 159 cm³/mol. The fourth-order valence-electron chi connectivity index (χ4n) is 4.62. The molecule has 4 nitrogen and oxygen atoms in total. The number of rotatable bonds is 15. The molecule has 4 heteroatoms. The summed E-state index contributed by atoms with van der Waals surface area (Å²) in [7, 11) is 0. The highest BCUT2D eigenvalue weighted by atomic mass is 16.5. The van der Waals surface area contributed by atoms with E-state index in [1.54, 1.807) is 0 Å². The lowest BCUT2D eigenvalue weighted by Crippen LogP contribution is -2.27. The lowest BCUT2D eigenvalue weighted by atomic mass is 9.88. The first kappa shape index (κ1) is 29.2. The molecule has 3 aromatic carbocycles. The fraction of sp³-hybridized carbons (Fsp3) is 0.382. The minimum absolute atomic E-state index is 0.165. The number of unbranched alkanes of at least 4 members (excludes halogenated alkanes) is 2. The van der Waals surface area contributed by atoms with Crippen LogP contribution in [0, 0.1) is 0 Å². The van der Waals surface area contributed by atoms with Crippen molar-refractivity contribution >= 4 is 17.1 Å². The van der Waals surface area contributed by atoms with Gasteiger partial charge in [-0.15, -0.1) is 0 Å². The molecule has 0 fully saturated rings. The first-order valence-corrected chi connectivity index (χ1v) is 14.1. The van der Waals surface area contributed by atoms with Crippen molar-refractivity contribution in [3.63, 3.8) is 0 Å². The van der Waals surface area contributed by atoms with Crippen molar-refractivity contribution in [1.82, 2.24) is 4.90 Å². The Morgan fingerprint density at radius 2 is 1.32 bits per heavy atom. The minimum Gasteiger partial charge on any atom is -0.492 e. The van der Waals surface area contributed by atoms with E-state index in [1.165, 1.54) is 16.7 Å². The van der Waals surface area contributed by atoms with Crippen LogP contribution in [0.5, 0.6) is 11.5 Å². The minimum atomic E-state index is -0.165. The fourth-order valence-corrected chi connectivity index (χ4v) is 4.62. The van der Waals surface area contributed by atoms with Crippen molar-refractivity contribution < 1.29 is 14.3 Å². The second kappa shape index (κ2) is 15.8. The van der Waals surface area contributed by atoms with Gasteiger partial charge in [-0.05, 0) is 78.0 Å². The first-order chi connectivity index (χ1) is 18.6. The van der Waals surface area contributed by atoms with Gasteiger partial charge in [0, 0.05) is 13.0 Å². The van der Waals surface area contributed by atoms with Crippen LogP contribution in [0.4, 0.5) is 0 Å². The standard InChI is InChI=1S/C34H43NO3/c1-5-9-11-16-33(36)38-31-23-17-27(18-24-31)32(6-2)34(28-14-12-10-13-15-28)29-19-21-30(22-20-29)37-26-25-35(7-3)8-4/h10,12-15,17-24H,5-9,11,16,25-26H2,1-4H3/b34-32-. The third-order valence-corrected chi connectivity index (χ3v) is 6.85. The van der Waals surface area contributed by atoms with Gasteiger partial charge in [-0.25, -0.2) is 0 Å². The Morgan fingerprint density at radius 1 is 0.711 bits per heavy atom. The van der Waals surface area contributed by atoms with E-state index in [2.05, 4.69) is 93.3 Å². The number of allylic oxidation sites excluding steroid dienone is 1. The zero-order valence-electron chi connectivity index (χ0n) is 23.5. The molecule has 0 saturated heterocycles. The Hall–Kier alpha value is -3.37. The third kappa shape index (κ3) is 8.59. The van der Waals surface area contributed by atoms with Crippen LogP contribution in [-0.4, -0.2) is 37.1 Å². The molecule has 0 saturated carbocycles. The van der Waals surface area contributed by atoms with Crippen molar-refractivity contribution in [3.05, 3.63) is 95.6 Å². The average Bonchev–Trinajstić information content (AvgIpc) is 2.96. The largest absolute Gasteiger partial charge is 0.492 e. The van der Waals surface area contributed by atoms with E-state index in [0.717, 1.165) is 62.2 Å². The molecule has 202 valence electrons. The molecule has 0 aliphatic rings. The molecule has 3 rings (SSSR count). The van der Waals surface area contributed by atoms with Crippen LogP contribution in [0.2, 0.25) is 0 Å². The summed E-state index contributed by atoms with van der Waals surface area (Å²) in [6.07, 6.45) is 4.33. The van der Waals surface area contributed by atoms with E-state index >= 15 is 0 Å². The van der Waals surface area contributed by atoms with Crippen molar-refractivity contribution in [3.8, 4) is 11.5 Å². The molecule has 0 bridgehead atoms. The molecule has 0 atom stereocenters. The lowest BCUT2D eigenvalue weighted by Gasteiger charge is -2.19. The zero-order valence-corrected chi connectivity index (χ0v) is 23.5. The monoisotopic (exact) mass is 513 g/mol. The van der Waals surface area contributed by atoms with E-state index in [1.807, 2.05) is 18.2 Å². The molecule has 0 radical (unpaired) electrons. The van der Waals surface area contributed by atoms with Crippen LogP contribution in [0.1, 0.15) is 76.5 Å². The van der Waals surface area contributed by atoms with Gasteiger partial charge in [0.05, 0.1) is 0 Å². The Labute approximate surface area is 229 Å². The summed E-state index contributed by atoms with van der Waals surface area (Å²) in [4.78, 5) is 14.5. The van der Waals surface area contributed by atoms with Gasteiger partial charge in [-0.3, -0.25) is 4.79 Å². The molecule has 0 aliphatic carbocycles. The Balaban J connectivity index is 1.85. The number of likely N-dealkylation sites (N-methyl/N-ethyl adjacent to an activating group) is 1. The van der Waals surface area contributed by atoms with Gasteiger partial charge in [0.1, 0.15) is 18.1 Å². The third-order valence-electron chi connectivity index (χ3n) is 6.85. The number of esters is 1. The van der Waals surface area contributed by atoms with Crippen molar-refractivity contribution in [2.75, 3.05) is 26.2 Å². The van der Waals surface area contributed by atoms with Crippen LogP contribution in [0.3, 0.4) is 0 Å². The van der Waals surface area contributed by atoms with E-state index in [-0.39, 0.29) is 5.97 Å². The summed E-state index contributed by atoms with van der Waals surface area (Å²) < 4.78 is 11.6. The molecule has 0 aromatic heterocycles. The van der Waals surface area contributed by atoms with Crippen LogP contribution in [0.15, 0.2) is 78.9 Å². The van der Waals surface area contributed by atoms with E-state index in [0.29, 0.717) is 18.8 Å². The molecule has 0 aliphatic heterocycles. The predicted octanol–water partition coefficient (Wildman–Crippen LogP) is 8.26. The maximum Gasteiger partial charge on any atom is 0.311 e. The topological polar surface area (TPSA) is 38.8 Å². The highest BCUT2D eigenvalue weighted by Gasteiger charge is 2.14. The number of benzene rings is 3. The van der Waals surface area contributed by atoms with Gasteiger partial charge in [-0.2, -0.15) is 0 Å². The Morgan fingerprint density at radius 3 is 1.92 bits per heavy atom. The van der Waals surface area contributed by atoms with Gasteiger partial charge in [0.15, 0.2) is 0 Å². The van der Waals surface area contributed by atoms with Gasteiger partial charge in [-0.1, -0.05) is 95.1 Å². The lowest BCUT2D eigenvalue weighted by molar-refractivity contribution is -0.134. The van der Waals surface area contributed by atoms with Gasteiger partial charge in [0.2, 0.25) is 0 Å². The van der Waals surface area contributed by atoms with Crippen LogP contribution in [-0.2, 0) is 4.79 Å². The van der Waals surface area contributed by atoms with E-state index in [9.17, 15) is 4.79 Å². The summed E-state index contributed by atoms with van der Waals surface area (Å²) in [6, 6.07) is 26.9. The molecule has 0 heterocycles. The molecule has 0 unspecified atom stereocenters. The van der Waals surface area contributed by atoms with E-state index in [4.69, 9.17) is 9.47 Å². The number of hydrogen-bond acceptors (Lipinski definition) is 4. The highest BCUT2D eigenvalue weighted by Crippen LogP contribution is 2.35. The quantitative estimate of drug-likeness (QED) is 0.0887. The van der Waals surface area contributed by atoms with Gasteiger partial charge < -0.3 is 14.4 Å². The van der Waals surface area contributed by atoms with E-state index < -0.39 is 0 Å². The SMILES string of the molecule is CCCCCC(=O)Oc1ccc(/C(CC)=C(/c2ccccc2)c2ccc(OCCN(CC)CC)cc2)cc1. The number of carbonyl (C=O) groups excluding carboxylic acids is 1. The molecule has 0 amide bonds. The number of ether oxygens (including phenoxy) is 2. The Bertz CT molecular complexity index is 1130. The summed E-state index contributed by atoms with van der Waals surface area (Å²) in [6.45, 7) is 12.3. The molecule has 0 N–H and O–H groups in total. The second-order valence-electron chi connectivity index (χ2n) is 9.43. The number of nitrogens with zero attached hydrogens (tertiary/aromatic N) is 1. The van der Waals surface area contributed by atoms with Crippen LogP contribution in [0.25, 0.3) is 11.1 Å². The highest BCUT2D eigenvalue weighted by molar-refractivity contribution is 5.98. The van der Waals surface area contributed by atoms with Gasteiger partial charge in [0.25, 0.3) is 0 Å². The summed E-state index contributed by atoms with van der Waals surface area (Å²) in [5, 5.41) is 0. The second-order valence-corrected chi connectivity index (χ2v) is 9.43. The summed E-state index contributed by atoms with van der Waals surface area (Å²) in [5.41, 5.74) is 5.89. The summed E-state index contributed by atoms with van der Waals surface area (Å²) >= 11 is 0. The number of hydrogen-bond donors (Lipinski definition) is 0. The molecular formula is C34H43NO3. The maximum atomic E-state index is 12.2. The molecule has 3 aromatic rings. The molecule has 0 spiro atoms. The number of carbonyl (C=O) groups is 1. The molecular weight excluding hydrogens is 470 g/mol. The van der Waals surface area contributed by atoms with Crippen molar-refractivity contribution in [2.45, 2.75) is 59.8 Å². The van der Waals surface area contributed by atoms with Crippen LogP contribution >= 0.6 is 0 Å². The summed E-state index contributed by atoms with van der Waals surface area (Å²) in [5.74, 6) is 1.32. The van der Waals surface area contributed by atoms with Crippen molar-refractivity contribution in [1.29, 1.82) is 0 Å². The molecule has 38 heavy (non-hydrogen) atoms. The smallest absolute Gasteiger partial charge is 0.311 e.